The summed E-state index contributed by atoms with van der Waals surface area (Å²) in [7, 11) is 0. The van der Waals surface area contributed by atoms with E-state index in [4.69, 9.17) is 11.5 Å². The van der Waals surface area contributed by atoms with Gasteiger partial charge in [-0.25, -0.2) is 5.10 Å². The molecule has 0 saturated carbocycles. The van der Waals surface area contributed by atoms with Crippen LogP contribution in [0.15, 0.2) is 36.4 Å². The lowest BCUT2D eigenvalue weighted by Gasteiger charge is -2.41. The van der Waals surface area contributed by atoms with Crippen molar-refractivity contribution >= 4 is 17.7 Å². The summed E-state index contributed by atoms with van der Waals surface area (Å²) in [5, 5.41) is 28.1. The molecule has 0 bridgehead atoms. The third-order valence-electron chi connectivity index (χ3n) is 8.26. The van der Waals surface area contributed by atoms with Gasteiger partial charge < -0.3 is 21.7 Å². The van der Waals surface area contributed by atoms with Gasteiger partial charge in [-0.05, 0) is 103 Å². The Morgan fingerprint density at radius 2 is 1.71 bits per heavy atom. The fourth-order valence-electron chi connectivity index (χ4n) is 6.37. The molecule has 1 aromatic heterocycles. The van der Waals surface area contributed by atoms with E-state index in [0.29, 0.717) is 49.2 Å². The topological polar surface area (TPSA) is 197 Å². The Bertz CT molecular complexity index is 1480. The number of carbonyl (C=O) groups excluding carboxylic acids is 3. The van der Waals surface area contributed by atoms with Crippen LogP contribution in [-0.4, -0.2) is 67.9 Å². The van der Waals surface area contributed by atoms with E-state index < -0.39 is 28.8 Å². The Balaban J connectivity index is 1.62. The third-order valence-corrected chi connectivity index (χ3v) is 8.26. The van der Waals surface area contributed by atoms with Crippen LogP contribution < -0.4 is 16.8 Å². The van der Waals surface area contributed by atoms with Crippen LogP contribution in [-0.2, 0) is 23.1 Å². The van der Waals surface area contributed by atoms with Crippen molar-refractivity contribution in [1.29, 1.82) is 5.26 Å². The molecule has 0 radical (unpaired) electrons. The number of nitrogens with two attached hydrogens (primary N) is 2. The lowest BCUT2D eigenvalue weighted by Crippen LogP contribution is -2.51. The SMILES string of the molecule is CC(C)(CC1(c2nnn[nH]2)c2ccc(C(N)=O)cc2CCc2cc(C(N)=O)ccc21)NCC(=O)N1CCC[C@H]1C#N. The van der Waals surface area contributed by atoms with Gasteiger partial charge in [-0.15, -0.1) is 5.10 Å². The maximum atomic E-state index is 13.1. The molecule has 3 amide bonds. The maximum Gasteiger partial charge on any atom is 0.248 e. The van der Waals surface area contributed by atoms with Gasteiger partial charge in [-0.1, -0.05) is 12.1 Å². The van der Waals surface area contributed by atoms with E-state index in [-0.39, 0.29) is 12.5 Å². The van der Waals surface area contributed by atoms with E-state index in [1.165, 1.54) is 0 Å². The van der Waals surface area contributed by atoms with Gasteiger partial charge >= 0.3 is 0 Å². The number of rotatable bonds is 8. The van der Waals surface area contributed by atoms with Crippen LogP contribution in [0.2, 0.25) is 0 Å². The molecule has 1 aliphatic carbocycles. The summed E-state index contributed by atoms with van der Waals surface area (Å²) in [6.07, 6.45) is 3.04. The Hall–Kier alpha value is -4.63. The number of primary amides is 2. The molecule has 1 fully saturated rings. The molecule has 6 N–H and O–H groups in total. The molecule has 3 aromatic rings. The molecule has 212 valence electrons. The lowest BCUT2D eigenvalue weighted by atomic mass is 9.65. The number of aromatic nitrogens is 4. The summed E-state index contributed by atoms with van der Waals surface area (Å²) in [5.41, 5.74) is 14.0. The van der Waals surface area contributed by atoms with E-state index >= 15 is 0 Å². The zero-order chi connectivity index (χ0) is 29.4. The number of carbonyl (C=O) groups is 3. The molecule has 2 heterocycles. The molecule has 1 saturated heterocycles. The summed E-state index contributed by atoms with van der Waals surface area (Å²) in [4.78, 5) is 38.9. The van der Waals surface area contributed by atoms with Crippen molar-refractivity contribution in [3.8, 4) is 6.07 Å². The van der Waals surface area contributed by atoms with Crippen molar-refractivity contribution in [2.24, 2.45) is 11.5 Å². The normalized spacial score (nSPS) is 17.7. The van der Waals surface area contributed by atoms with E-state index in [0.717, 1.165) is 28.7 Å². The zero-order valence-corrected chi connectivity index (χ0v) is 23.1. The van der Waals surface area contributed by atoms with Crippen molar-refractivity contribution in [2.45, 2.75) is 62.9 Å². The molecule has 1 atom stereocenters. The predicted octanol–water partition coefficient (Wildman–Crippen LogP) is 1.10. The van der Waals surface area contributed by atoms with E-state index in [1.807, 2.05) is 26.0 Å². The highest BCUT2D eigenvalue weighted by Gasteiger charge is 2.47. The molecule has 41 heavy (non-hydrogen) atoms. The van der Waals surface area contributed by atoms with Gasteiger partial charge in [-0.3, -0.25) is 14.4 Å². The number of tetrazole rings is 1. The summed E-state index contributed by atoms with van der Waals surface area (Å²) in [6.45, 7) is 4.61. The van der Waals surface area contributed by atoms with Crippen molar-refractivity contribution in [3.05, 3.63) is 75.6 Å². The van der Waals surface area contributed by atoms with Crippen LogP contribution >= 0.6 is 0 Å². The van der Waals surface area contributed by atoms with Crippen molar-refractivity contribution < 1.29 is 14.4 Å². The van der Waals surface area contributed by atoms with Crippen LogP contribution in [0, 0.1) is 11.3 Å². The number of amides is 3. The number of hydrogen-bond acceptors (Lipinski definition) is 8. The summed E-state index contributed by atoms with van der Waals surface area (Å²) in [5.74, 6) is -0.714. The lowest BCUT2D eigenvalue weighted by molar-refractivity contribution is -0.130. The van der Waals surface area contributed by atoms with Gasteiger partial charge in [0.15, 0.2) is 5.82 Å². The fraction of sp³-hybridized carbons (Fsp3) is 0.414. The van der Waals surface area contributed by atoms with Crippen LogP contribution in [0.25, 0.3) is 0 Å². The number of aryl methyl sites for hydroxylation is 2. The van der Waals surface area contributed by atoms with Gasteiger partial charge in [0.2, 0.25) is 17.7 Å². The van der Waals surface area contributed by atoms with Crippen LogP contribution in [0.3, 0.4) is 0 Å². The van der Waals surface area contributed by atoms with E-state index in [2.05, 4.69) is 32.0 Å². The second-order valence-corrected chi connectivity index (χ2v) is 11.4. The Kier molecular flexibility index (Phi) is 7.31. The molecule has 5 rings (SSSR count). The van der Waals surface area contributed by atoms with Gasteiger partial charge in [0.25, 0.3) is 0 Å². The number of nitrogens with one attached hydrogen (secondary N) is 2. The van der Waals surface area contributed by atoms with Crippen molar-refractivity contribution in [1.82, 2.24) is 30.8 Å². The average Bonchev–Trinajstić information content (AvgIpc) is 3.64. The number of nitrogens with zero attached hydrogens (tertiary/aromatic N) is 5. The molecule has 0 unspecified atom stereocenters. The number of H-pyrrole nitrogens is 1. The molecule has 2 aliphatic rings. The largest absolute Gasteiger partial charge is 0.366 e. The van der Waals surface area contributed by atoms with Crippen LogP contribution in [0.4, 0.5) is 0 Å². The molecular weight excluding hydrogens is 522 g/mol. The highest BCUT2D eigenvalue weighted by molar-refractivity contribution is 5.94. The van der Waals surface area contributed by atoms with Crippen molar-refractivity contribution in [2.75, 3.05) is 13.1 Å². The van der Waals surface area contributed by atoms with Crippen LogP contribution in [0.1, 0.15) is 81.9 Å². The Morgan fingerprint density at radius 3 is 2.22 bits per heavy atom. The number of fused-ring (bicyclic) bond motifs is 2. The number of hydrogen-bond donors (Lipinski definition) is 4. The van der Waals surface area contributed by atoms with E-state index in [1.54, 1.807) is 29.2 Å². The second-order valence-electron chi connectivity index (χ2n) is 11.4. The first-order valence-corrected chi connectivity index (χ1v) is 13.6. The van der Waals surface area contributed by atoms with Crippen molar-refractivity contribution in [3.63, 3.8) is 0 Å². The third kappa shape index (κ3) is 5.16. The van der Waals surface area contributed by atoms with E-state index in [9.17, 15) is 19.6 Å². The molecular formula is C29H33N9O3. The minimum atomic E-state index is -0.959. The highest BCUT2D eigenvalue weighted by atomic mass is 16.2. The fourth-order valence-corrected chi connectivity index (χ4v) is 6.37. The summed E-state index contributed by atoms with van der Waals surface area (Å²) >= 11 is 0. The van der Waals surface area contributed by atoms with Gasteiger partial charge in [0.1, 0.15) is 6.04 Å². The smallest absolute Gasteiger partial charge is 0.248 e. The number of likely N-dealkylation sites (tertiary alicyclic amines) is 1. The monoisotopic (exact) mass is 555 g/mol. The zero-order valence-electron chi connectivity index (χ0n) is 23.1. The molecule has 0 spiro atoms. The number of nitriles is 1. The highest BCUT2D eigenvalue weighted by Crippen LogP contribution is 2.48. The summed E-state index contributed by atoms with van der Waals surface area (Å²) in [6, 6.07) is 12.6. The maximum absolute atomic E-state index is 13.1. The van der Waals surface area contributed by atoms with Gasteiger partial charge in [0.05, 0.1) is 18.0 Å². The first kappa shape index (κ1) is 27.9. The average molecular weight is 556 g/mol. The number of benzene rings is 2. The minimum absolute atomic E-state index is 0.0524. The second kappa shape index (κ2) is 10.7. The van der Waals surface area contributed by atoms with Gasteiger partial charge in [-0.2, -0.15) is 5.26 Å². The van der Waals surface area contributed by atoms with Gasteiger partial charge in [0, 0.05) is 23.2 Å². The summed E-state index contributed by atoms with van der Waals surface area (Å²) < 4.78 is 0. The van der Waals surface area contributed by atoms with Crippen LogP contribution in [0.5, 0.6) is 0 Å². The molecule has 2 aromatic carbocycles. The predicted molar refractivity (Wildman–Crippen MR) is 148 cm³/mol. The minimum Gasteiger partial charge on any atom is -0.366 e. The Labute approximate surface area is 237 Å². The molecule has 1 aliphatic heterocycles. The quantitative estimate of drug-likeness (QED) is 0.317. The first-order chi connectivity index (χ1) is 19.6. The molecule has 12 nitrogen and oxygen atoms in total. The standard InChI is InChI=1S/C29H33N9O3/c1-28(2,33-15-24(39)38-11-3-4-21(38)14-30)16-29(27-34-36-37-35-27)22-9-7-19(25(31)40)12-17(22)5-6-18-13-20(26(32)41)8-10-23(18)29/h7-10,12-13,21,33H,3-6,11,15-16H2,1-2H3,(H2,31,40)(H2,32,41)(H,34,35,36,37)/t21-/m0/s1. The first-order valence-electron chi connectivity index (χ1n) is 13.6. The Morgan fingerprint density at radius 1 is 1.10 bits per heavy atom. The molecule has 12 heteroatoms. The number of aromatic amines is 1.